The number of thiazole rings is 1. The molecule has 0 bridgehead atoms. The molecule has 0 aliphatic carbocycles. The highest BCUT2D eigenvalue weighted by Crippen LogP contribution is 2.18. The van der Waals surface area contributed by atoms with Gasteiger partial charge in [0.05, 0.1) is 22.3 Å². The normalized spacial score (nSPS) is 11.4. The summed E-state index contributed by atoms with van der Waals surface area (Å²) in [7, 11) is 4.05. The average Bonchev–Trinajstić information content (AvgIpc) is 2.99. The van der Waals surface area contributed by atoms with Gasteiger partial charge in [-0.25, -0.2) is 4.98 Å². The highest BCUT2D eigenvalue weighted by atomic mass is 127. The Morgan fingerprint density at radius 2 is 2.16 bits per heavy atom. The lowest BCUT2D eigenvalue weighted by molar-refractivity contribution is 0.462. The van der Waals surface area contributed by atoms with Gasteiger partial charge in [-0.2, -0.15) is 0 Å². The Kier molecular flexibility index (Phi) is 9.23. The maximum atomic E-state index is 6.07. The van der Waals surface area contributed by atoms with Crippen molar-refractivity contribution in [2.45, 2.75) is 33.7 Å². The molecule has 0 aromatic carbocycles. The van der Waals surface area contributed by atoms with Crippen LogP contribution >= 0.6 is 46.9 Å². The monoisotopic (exact) mass is 495 g/mol. The maximum Gasteiger partial charge on any atom is 0.194 e. The van der Waals surface area contributed by atoms with Crippen LogP contribution in [0.5, 0.6) is 0 Å². The summed E-state index contributed by atoms with van der Waals surface area (Å²) in [6.45, 7) is 8.55. The van der Waals surface area contributed by atoms with E-state index in [1.54, 1.807) is 11.3 Å². The third-order valence-corrected chi connectivity index (χ3v) is 5.11. The van der Waals surface area contributed by atoms with Crippen molar-refractivity contribution in [3.05, 3.63) is 38.6 Å². The van der Waals surface area contributed by atoms with Crippen molar-refractivity contribution in [2.24, 2.45) is 12.0 Å². The molecule has 140 valence electrons. The van der Waals surface area contributed by atoms with Crippen LogP contribution in [0, 0.1) is 13.8 Å². The van der Waals surface area contributed by atoms with E-state index in [2.05, 4.69) is 29.0 Å². The van der Waals surface area contributed by atoms with E-state index in [9.17, 15) is 0 Å². The molecule has 2 aromatic rings. The number of halogens is 2. The number of hydrogen-bond acceptors (Lipinski definition) is 3. The molecule has 0 amide bonds. The van der Waals surface area contributed by atoms with Crippen LogP contribution in [0.4, 0.5) is 0 Å². The van der Waals surface area contributed by atoms with Gasteiger partial charge in [-0.05, 0) is 26.8 Å². The summed E-state index contributed by atoms with van der Waals surface area (Å²) in [4.78, 5) is 12.7. The van der Waals surface area contributed by atoms with E-state index in [1.807, 2.05) is 37.8 Å². The van der Waals surface area contributed by atoms with Crippen molar-refractivity contribution in [1.29, 1.82) is 0 Å². The Bertz CT molecular complexity index is 710. The van der Waals surface area contributed by atoms with Crippen LogP contribution in [0.25, 0.3) is 0 Å². The second kappa shape index (κ2) is 10.4. The first kappa shape index (κ1) is 22.2. The summed E-state index contributed by atoms with van der Waals surface area (Å²) in [5.41, 5.74) is 2.28. The van der Waals surface area contributed by atoms with Gasteiger partial charge >= 0.3 is 0 Å². The predicted molar refractivity (Wildman–Crippen MR) is 119 cm³/mol. The molecule has 0 fully saturated rings. The highest BCUT2D eigenvalue weighted by molar-refractivity contribution is 14.0. The van der Waals surface area contributed by atoms with E-state index in [4.69, 9.17) is 16.6 Å². The molecule has 8 heteroatoms. The zero-order valence-corrected chi connectivity index (χ0v) is 19.4. The summed E-state index contributed by atoms with van der Waals surface area (Å²) in [5, 5.41) is 5.24. The minimum atomic E-state index is 0. The van der Waals surface area contributed by atoms with E-state index in [0.717, 1.165) is 53.4 Å². The third-order valence-electron chi connectivity index (χ3n) is 3.77. The topological polar surface area (TPSA) is 45.5 Å². The molecule has 0 saturated heterocycles. The molecule has 2 aromatic heterocycles. The quantitative estimate of drug-likeness (QED) is 0.374. The van der Waals surface area contributed by atoms with E-state index < -0.39 is 0 Å². The molecular weight excluding hydrogens is 469 g/mol. The Morgan fingerprint density at radius 1 is 1.44 bits per heavy atom. The molecule has 2 rings (SSSR count). The third kappa shape index (κ3) is 6.45. The van der Waals surface area contributed by atoms with Crippen LogP contribution in [-0.4, -0.2) is 40.5 Å². The lowest BCUT2D eigenvalue weighted by Crippen LogP contribution is -2.39. The van der Waals surface area contributed by atoms with Gasteiger partial charge in [-0.1, -0.05) is 11.6 Å². The van der Waals surface area contributed by atoms with E-state index in [-0.39, 0.29) is 24.0 Å². The average molecular weight is 496 g/mol. The largest absolute Gasteiger partial charge is 0.357 e. The number of aromatic nitrogens is 2. The van der Waals surface area contributed by atoms with E-state index in [1.165, 1.54) is 4.88 Å². The Hall–Kier alpha value is -0.800. The summed E-state index contributed by atoms with van der Waals surface area (Å²) >= 11 is 7.83. The van der Waals surface area contributed by atoms with Gasteiger partial charge in [0.1, 0.15) is 0 Å². The fourth-order valence-electron chi connectivity index (χ4n) is 2.58. The summed E-state index contributed by atoms with van der Waals surface area (Å²) < 4.78 is 2.05. The summed E-state index contributed by atoms with van der Waals surface area (Å²) in [6, 6.07) is 1.99. The molecule has 2 heterocycles. The lowest BCUT2D eigenvalue weighted by Gasteiger charge is -2.22. The van der Waals surface area contributed by atoms with Gasteiger partial charge < -0.3 is 14.8 Å². The standard InChI is InChI=1S/C17H26ClN5S.HI/c1-6-19-17(20-8-7-16-12(2)21-13(3)24-16)23(5)11-15-9-14(18)10-22(15)4;/h9-10H,6-8,11H2,1-5H3,(H,19,20);1H. The van der Waals surface area contributed by atoms with Crippen LogP contribution in [0.1, 0.15) is 28.2 Å². The van der Waals surface area contributed by atoms with Gasteiger partial charge in [-0.3, -0.25) is 4.99 Å². The second-order valence-corrected chi connectivity index (χ2v) is 7.57. The smallest absolute Gasteiger partial charge is 0.194 e. The number of nitrogens with one attached hydrogen (secondary N) is 1. The first-order valence-electron chi connectivity index (χ1n) is 8.13. The molecule has 0 unspecified atom stereocenters. The molecule has 0 aliphatic rings. The van der Waals surface area contributed by atoms with Crippen LogP contribution in [-0.2, 0) is 20.0 Å². The van der Waals surface area contributed by atoms with Crippen molar-refractivity contribution in [3.63, 3.8) is 0 Å². The summed E-state index contributed by atoms with van der Waals surface area (Å²) in [6.07, 6.45) is 2.85. The molecule has 25 heavy (non-hydrogen) atoms. The van der Waals surface area contributed by atoms with Crippen LogP contribution in [0.3, 0.4) is 0 Å². The van der Waals surface area contributed by atoms with Gasteiger partial charge in [0, 0.05) is 50.4 Å². The summed E-state index contributed by atoms with van der Waals surface area (Å²) in [5.74, 6) is 0.911. The van der Waals surface area contributed by atoms with Crippen molar-refractivity contribution in [1.82, 2.24) is 19.8 Å². The van der Waals surface area contributed by atoms with Crippen LogP contribution < -0.4 is 5.32 Å². The number of nitrogens with zero attached hydrogens (tertiary/aromatic N) is 4. The van der Waals surface area contributed by atoms with Gasteiger partial charge in [0.15, 0.2) is 5.96 Å². The first-order valence-corrected chi connectivity index (χ1v) is 9.33. The number of aliphatic imine (C=N–C) groups is 1. The van der Waals surface area contributed by atoms with Gasteiger partial charge in [0.2, 0.25) is 0 Å². The van der Waals surface area contributed by atoms with Gasteiger partial charge in [-0.15, -0.1) is 35.3 Å². The molecule has 0 aliphatic heterocycles. The molecular formula is C17H27ClIN5S. The number of aryl methyl sites for hydroxylation is 3. The minimum absolute atomic E-state index is 0. The molecule has 1 N–H and O–H groups in total. The Morgan fingerprint density at radius 3 is 2.68 bits per heavy atom. The predicted octanol–water partition coefficient (Wildman–Crippen LogP) is 4.01. The minimum Gasteiger partial charge on any atom is -0.357 e. The molecule has 0 atom stereocenters. The maximum absolute atomic E-state index is 6.07. The van der Waals surface area contributed by atoms with Crippen molar-refractivity contribution in [2.75, 3.05) is 20.1 Å². The molecule has 0 saturated carbocycles. The fourth-order valence-corrected chi connectivity index (χ4v) is 3.78. The number of hydrogen-bond donors (Lipinski definition) is 1. The zero-order chi connectivity index (χ0) is 17.7. The first-order chi connectivity index (χ1) is 11.4. The van der Waals surface area contributed by atoms with Crippen molar-refractivity contribution >= 4 is 52.9 Å². The molecule has 0 radical (unpaired) electrons. The van der Waals surface area contributed by atoms with Crippen LogP contribution in [0.15, 0.2) is 17.3 Å². The zero-order valence-electron chi connectivity index (χ0n) is 15.5. The van der Waals surface area contributed by atoms with Crippen LogP contribution in [0.2, 0.25) is 5.02 Å². The van der Waals surface area contributed by atoms with Crippen molar-refractivity contribution < 1.29 is 0 Å². The molecule has 5 nitrogen and oxygen atoms in total. The fraction of sp³-hybridized carbons (Fsp3) is 0.529. The Labute approximate surface area is 176 Å². The number of guanidine groups is 1. The van der Waals surface area contributed by atoms with E-state index in [0.29, 0.717) is 0 Å². The van der Waals surface area contributed by atoms with Crippen molar-refractivity contribution in [3.8, 4) is 0 Å². The molecule has 0 spiro atoms. The highest BCUT2D eigenvalue weighted by Gasteiger charge is 2.10. The lowest BCUT2D eigenvalue weighted by atomic mass is 10.3. The Balaban J connectivity index is 0.00000312. The second-order valence-electron chi connectivity index (χ2n) is 5.84. The number of rotatable bonds is 6. The SMILES string of the molecule is CCNC(=NCCc1sc(C)nc1C)N(C)Cc1cc(Cl)cn1C.I. The van der Waals surface area contributed by atoms with E-state index >= 15 is 0 Å². The van der Waals surface area contributed by atoms with Gasteiger partial charge in [0.25, 0.3) is 0 Å².